The predicted molar refractivity (Wildman–Crippen MR) is 67.4 cm³/mol. The van der Waals surface area contributed by atoms with Gasteiger partial charge in [-0.3, -0.25) is 0 Å². The van der Waals surface area contributed by atoms with Gasteiger partial charge in [-0.15, -0.1) is 11.3 Å². The SMILES string of the molecule is Cc1nc(COc2ccccc2Cl)sc1C#N. The number of hydrogen-bond acceptors (Lipinski definition) is 4. The van der Waals surface area contributed by atoms with E-state index < -0.39 is 0 Å². The highest BCUT2D eigenvalue weighted by molar-refractivity contribution is 7.12. The van der Waals surface area contributed by atoms with Crippen molar-refractivity contribution in [3.05, 3.63) is 44.9 Å². The van der Waals surface area contributed by atoms with Gasteiger partial charge in [0.05, 0.1) is 10.7 Å². The van der Waals surface area contributed by atoms with Crippen molar-refractivity contribution in [2.24, 2.45) is 0 Å². The minimum Gasteiger partial charge on any atom is -0.485 e. The highest BCUT2D eigenvalue weighted by atomic mass is 35.5. The first-order valence-electron chi connectivity index (χ1n) is 4.94. The van der Waals surface area contributed by atoms with Crippen LogP contribution in [0.2, 0.25) is 5.02 Å². The summed E-state index contributed by atoms with van der Waals surface area (Å²) in [6, 6.07) is 9.37. The van der Waals surface area contributed by atoms with Crippen molar-refractivity contribution in [2.45, 2.75) is 13.5 Å². The van der Waals surface area contributed by atoms with Gasteiger partial charge in [0, 0.05) is 0 Å². The summed E-state index contributed by atoms with van der Waals surface area (Å²) in [6.45, 7) is 2.14. The van der Waals surface area contributed by atoms with Crippen molar-refractivity contribution < 1.29 is 4.74 Å². The highest BCUT2D eigenvalue weighted by Crippen LogP contribution is 2.25. The number of nitrogens with zero attached hydrogens (tertiary/aromatic N) is 2. The fraction of sp³-hybridized carbons (Fsp3) is 0.167. The van der Waals surface area contributed by atoms with Crippen molar-refractivity contribution in [3.8, 4) is 11.8 Å². The Morgan fingerprint density at radius 1 is 1.47 bits per heavy atom. The normalized spacial score (nSPS) is 9.94. The molecule has 1 aromatic carbocycles. The van der Waals surface area contributed by atoms with Gasteiger partial charge in [0.1, 0.15) is 28.3 Å². The smallest absolute Gasteiger partial charge is 0.140 e. The third-order valence-electron chi connectivity index (χ3n) is 2.13. The van der Waals surface area contributed by atoms with E-state index in [1.165, 1.54) is 11.3 Å². The summed E-state index contributed by atoms with van der Waals surface area (Å²) < 4.78 is 5.54. The second-order valence-corrected chi connectivity index (χ2v) is 4.84. The molecule has 0 unspecified atom stereocenters. The molecule has 0 fully saturated rings. The summed E-state index contributed by atoms with van der Waals surface area (Å²) in [5.41, 5.74) is 0.746. The highest BCUT2D eigenvalue weighted by Gasteiger charge is 2.08. The number of rotatable bonds is 3. The zero-order valence-corrected chi connectivity index (χ0v) is 10.7. The molecule has 0 aliphatic carbocycles. The molecule has 0 saturated heterocycles. The molecule has 5 heteroatoms. The van der Waals surface area contributed by atoms with Crippen LogP contribution < -0.4 is 4.74 Å². The van der Waals surface area contributed by atoms with E-state index in [-0.39, 0.29) is 0 Å². The third kappa shape index (κ3) is 2.76. The average molecular weight is 265 g/mol. The lowest BCUT2D eigenvalue weighted by atomic mass is 10.3. The summed E-state index contributed by atoms with van der Waals surface area (Å²) in [5.74, 6) is 0.625. The van der Waals surface area contributed by atoms with E-state index in [0.29, 0.717) is 22.3 Å². The van der Waals surface area contributed by atoms with Crippen LogP contribution in [-0.2, 0) is 6.61 Å². The lowest BCUT2D eigenvalue weighted by molar-refractivity contribution is 0.305. The van der Waals surface area contributed by atoms with Gasteiger partial charge in [0.15, 0.2) is 0 Å². The molecule has 0 aliphatic heterocycles. The van der Waals surface area contributed by atoms with Gasteiger partial charge in [-0.2, -0.15) is 5.26 Å². The maximum absolute atomic E-state index is 8.82. The Balaban J connectivity index is 2.08. The second kappa shape index (κ2) is 5.17. The first-order chi connectivity index (χ1) is 8.20. The van der Waals surface area contributed by atoms with Gasteiger partial charge in [0.25, 0.3) is 0 Å². The van der Waals surface area contributed by atoms with Gasteiger partial charge in [-0.05, 0) is 19.1 Å². The summed E-state index contributed by atoms with van der Waals surface area (Å²) in [7, 11) is 0. The molecule has 0 bridgehead atoms. The van der Waals surface area contributed by atoms with E-state index in [0.717, 1.165) is 10.7 Å². The van der Waals surface area contributed by atoms with E-state index in [4.69, 9.17) is 21.6 Å². The molecular weight excluding hydrogens is 256 g/mol. The third-order valence-corrected chi connectivity index (χ3v) is 3.48. The summed E-state index contributed by atoms with van der Waals surface area (Å²) in [4.78, 5) is 4.88. The van der Waals surface area contributed by atoms with Crippen molar-refractivity contribution in [2.75, 3.05) is 0 Å². The number of aromatic nitrogens is 1. The lowest BCUT2D eigenvalue weighted by Gasteiger charge is -2.04. The quantitative estimate of drug-likeness (QED) is 0.852. The Bertz CT molecular complexity index is 574. The lowest BCUT2D eigenvalue weighted by Crippen LogP contribution is -1.95. The van der Waals surface area contributed by atoms with Gasteiger partial charge in [-0.1, -0.05) is 23.7 Å². The van der Waals surface area contributed by atoms with Crippen LogP contribution in [-0.4, -0.2) is 4.98 Å². The van der Waals surface area contributed by atoms with Crippen LogP contribution in [0.25, 0.3) is 0 Å². The van der Waals surface area contributed by atoms with Crippen LogP contribution >= 0.6 is 22.9 Å². The minimum absolute atomic E-state index is 0.330. The largest absolute Gasteiger partial charge is 0.485 e. The maximum Gasteiger partial charge on any atom is 0.140 e. The molecule has 1 aromatic heterocycles. The van der Waals surface area contributed by atoms with Crippen LogP contribution in [0, 0.1) is 18.3 Å². The Morgan fingerprint density at radius 3 is 2.88 bits per heavy atom. The van der Waals surface area contributed by atoms with Crippen molar-refractivity contribution in [1.29, 1.82) is 5.26 Å². The molecule has 0 aliphatic rings. The average Bonchev–Trinajstić information content (AvgIpc) is 2.69. The molecule has 2 aromatic rings. The Hall–Kier alpha value is -1.57. The molecule has 0 spiro atoms. The molecule has 0 atom stereocenters. The number of halogens is 1. The number of hydrogen-bond donors (Lipinski definition) is 0. The summed E-state index contributed by atoms with van der Waals surface area (Å²) >= 11 is 7.30. The zero-order chi connectivity index (χ0) is 12.3. The number of thiazole rings is 1. The van der Waals surface area contributed by atoms with Gasteiger partial charge < -0.3 is 4.74 Å². The molecule has 86 valence electrons. The van der Waals surface area contributed by atoms with Crippen molar-refractivity contribution in [1.82, 2.24) is 4.98 Å². The molecule has 17 heavy (non-hydrogen) atoms. The first kappa shape index (κ1) is 11.9. The molecule has 0 saturated carbocycles. The number of para-hydroxylation sites is 1. The first-order valence-corrected chi connectivity index (χ1v) is 6.14. The van der Waals surface area contributed by atoms with Crippen LogP contribution in [0.3, 0.4) is 0 Å². The number of benzene rings is 1. The molecule has 2 rings (SSSR count). The number of nitriles is 1. The predicted octanol–water partition coefficient (Wildman–Crippen LogP) is 3.56. The van der Waals surface area contributed by atoms with E-state index in [2.05, 4.69) is 11.1 Å². The second-order valence-electron chi connectivity index (χ2n) is 3.35. The molecule has 0 radical (unpaired) electrons. The van der Waals surface area contributed by atoms with Crippen LogP contribution in [0.15, 0.2) is 24.3 Å². The molecular formula is C12H9ClN2OS. The molecule has 0 amide bonds. The number of ether oxygens (including phenoxy) is 1. The van der Waals surface area contributed by atoms with E-state index in [1.54, 1.807) is 12.1 Å². The van der Waals surface area contributed by atoms with Gasteiger partial charge in [0.2, 0.25) is 0 Å². The Kier molecular flexibility index (Phi) is 3.62. The van der Waals surface area contributed by atoms with Crippen molar-refractivity contribution >= 4 is 22.9 Å². The van der Waals surface area contributed by atoms with E-state index in [1.807, 2.05) is 19.1 Å². The fourth-order valence-electron chi connectivity index (χ4n) is 1.32. The standard InChI is InChI=1S/C12H9ClN2OS/c1-8-11(6-14)17-12(15-8)7-16-10-5-3-2-4-9(10)13/h2-5H,7H2,1H3. The topological polar surface area (TPSA) is 45.9 Å². The Labute approximate surface area is 108 Å². The zero-order valence-electron chi connectivity index (χ0n) is 9.11. The summed E-state index contributed by atoms with van der Waals surface area (Å²) in [6.07, 6.45) is 0. The molecule has 3 nitrogen and oxygen atoms in total. The number of aryl methyl sites for hydroxylation is 1. The van der Waals surface area contributed by atoms with E-state index >= 15 is 0 Å². The summed E-state index contributed by atoms with van der Waals surface area (Å²) in [5, 5.41) is 10.2. The maximum atomic E-state index is 8.82. The van der Waals surface area contributed by atoms with E-state index in [9.17, 15) is 0 Å². The van der Waals surface area contributed by atoms with Crippen LogP contribution in [0.4, 0.5) is 0 Å². The molecule has 1 heterocycles. The van der Waals surface area contributed by atoms with Gasteiger partial charge in [-0.25, -0.2) is 4.98 Å². The molecule has 0 N–H and O–H groups in total. The van der Waals surface area contributed by atoms with Crippen molar-refractivity contribution in [3.63, 3.8) is 0 Å². The van der Waals surface area contributed by atoms with Gasteiger partial charge >= 0.3 is 0 Å². The fourth-order valence-corrected chi connectivity index (χ4v) is 2.28. The monoisotopic (exact) mass is 264 g/mol. The Morgan fingerprint density at radius 2 is 2.24 bits per heavy atom. The minimum atomic E-state index is 0.330. The van der Waals surface area contributed by atoms with Crippen LogP contribution in [0.1, 0.15) is 15.6 Å². The van der Waals surface area contributed by atoms with Crippen LogP contribution in [0.5, 0.6) is 5.75 Å².